The van der Waals surface area contributed by atoms with E-state index in [4.69, 9.17) is 11.6 Å². The Hall–Kier alpha value is 0.200. The van der Waals surface area contributed by atoms with Crippen LogP contribution in [0.5, 0.6) is 0 Å². The SMILES string of the molecule is Cn1c(C(=O)Cl)cc(Br)c1Br. The predicted molar refractivity (Wildman–Crippen MR) is 51.0 cm³/mol. The summed E-state index contributed by atoms with van der Waals surface area (Å²) in [5, 5.41) is -0.459. The van der Waals surface area contributed by atoms with Gasteiger partial charge in [0.15, 0.2) is 0 Å². The molecule has 0 unspecified atom stereocenters. The lowest BCUT2D eigenvalue weighted by molar-refractivity contribution is 0.107. The average molecular weight is 301 g/mol. The molecule has 0 bridgehead atoms. The number of hydrogen-bond donors (Lipinski definition) is 0. The van der Waals surface area contributed by atoms with Gasteiger partial charge in [0.2, 0.25) is 0 Å². The van der Waals surface area contributed by atoms with Crippen molar-refractivity contribution in [2.45, 2.75) is 0 Å². The van der Waals surface area contributed by atoms with Crippen molar-refractivity contribution >= 4 is 48.7 Å². The summed E-state index contributed by atoms with van der Waals surface area (Å²) >= 11 is 11.8. The van der Waals surface area contributed by atoms with Gasteiger partial charge in [0.05, 0.1) is 9.08 Å². The van der Waals surface area contributed by atoms with Gasteiger partial charge < -0.3 is 4.57 Å². The highest BCUT2D eigenvalue weighted by atomic mass is 79.9. The molecule has 0 radical (unpaired) electrons. The van der Waals surface area contributed by atoms with Crippen molar-refractivity contribution in [1.82, 2.24) is 4.57 Å². The molecule has 5 heteroatoms. The van der Waals surface area contributed by atoms with Crippen LogP contribution < -0.4 is 0 Å². The molecule has 0 fully saturated rings. The Morgan fingerprint density at radius 3 is 2.36 bits per heavy atom. The summed E-state index contributed by atoms with van der Waals surface area (Å²) in [6.07, 6.45) is 0. The van der Waals surface area contributed by atoms with E-state index in [1.165, 1.54) is 0 Å². The van der Waals surface area contributed by atoms with Crippen molar-refractivity contribution in [3.8, 4) is 0 Å². The summed E-state index contributed by atoms with van der Waals surface area (Å²) in [4.78, 5) is 10.7. The fraction of sp³-hybridized carbons (Fsp3) is 0.167. The molecule has 1 heterocycles. The van der Waals surface area contributed by atoms with E-state index >= 15 is 0 Å². The van der Waals surface area contributed by atoms with E-state index in [9.17, 15) is 4.79 Å². The Balaban J connectivity index is 3.29. The third-order valence-corrected chi connectivity index (χ3v) is 3.61. The molecule has 0 aromatic carbocycles. The van der Waals surface area contributed by atoms with Gasteiger partial charge in [-0.2, -0.15) is 0 Å². The molecule has 0 saturated carbocycles. The summed E-state index contributed by atoms with van der Waals surface area (Å²) in [5.41, 5.74) is 0.463. The van der Waals surface area contributed by atoms with Gasteiger partial charge in [-0.05, 0) is 49.5 Å². The van der Waals surface area contributed by atoms with E-state index in [-0.39, 0.29) is 0 Å². The second-order valence-electron chi connectivity index (χ2n) is 2.00. The van der Waals surface area contributed by atoms with E-state index < -0.39 is 5.24 Å². The molecule has 0 spiro atoms. The van der Waals surface area contributed by atoms with E-state index in [1.807, 2.05) is 0 Å². The van der Waals surface area contributed by atoms with Gasteiger partial charge in [0.1, 0.15) is 5.69 Å². The van der Waals surface area contributed by atoms with Gasteiger partial charge in [-0.15, -0.1) is 0 Å². The van der Waals surface area contributed by atoms with Gasteiger partial charge in [0, 0.05) is 7.05 Å². The molecule has 0 amide bonds. The third-order valence-electron chi connectivity index (χ3n) is 1.32. The molecule has 0 saturated heterocycles. The van der Waals surface area contributed by atoms with Crippen LogP contribution in [-0.2, 0) is 7.05 Å². The molecule has 0 aliphatic rings. The van der Waals surface area contributed by atoms with E-state index in [2.05, 4.69) is 31.9 Å². The van der Waals surface area contributed by atoms with E-state index in [0.29, 0.717) is 5.69 Å². The maximum Gasteiger partial charge on any atom is 0.268 e. The normalized spacial score (nSPS) is 10.2. The second kappa shape index (κ2) is 3.29. The Kier molecular flexibility index (Phi) is 2.78. The number of aromatic nitrogens is 1. The van der Waals surface area contributed by atoms with Crippen molar-refractivity contribution in [3.63, 3.8) is 0 Å². The summed E-state index contributed by atoms with van der Waals surface area (Å²) in [5.74, 6) is 0. The van der Waals surface area contributed by atoms with Crippen molar-refractivity contribution in [1.29, 1.82) is 0 Å². The van der Waals surface area contributed by atoms with Crippen LogP contribution >= 0.6 is 43.5 Å². The van der Waals surface area contributed by atoms with Crippen LogP contribution in [-0.4, -0.2) is 9.81 Å². The number of rotatable bonds is 1. The molecule has 0 N–H and O–H groups in total. The Bertz CT molecular complexity index is 308. The zero-order chi connectivity index (χ0) is 8.59. The van der Waals surface area contributed by atoms with E-state index in [1.54, 1.807) is 17.7 Å². The summed E-state index contributed by atoms with van der Waals surface area (Å²) in [7, 11) is 1.75. The van der Waals surface area contributed by atoms with Crippen molar-refractivity contribution in [2.75, 3.05) is 0 Å². The van der Waals surface area contributed by atoms with Gasteiger partial charge in [-0.3, -0.25) is 4.79 Å². The molecule has 11 heavy (non-hydrogen) atoms. The lowest BCUT2D eigenvalue weighted by Gasteiger charge is -1.96. The Morgan fingerprint density at radius 1 is 1.64 bits per heavy atom. The first kappa shape index (κ1) is 9.29. The largest absolute Gasteiger partial charge is 0.334 e. The molecule has 1 rings (SSSR count). The minimum Gasteiger partial charge on any atom is -0.334 e. The first-order chi connectivity index (χ1) is 5.04. The van der Waals surface area contributed by atoms with Crippen molar-refractivity contribution < 1.29 is 4.79 Å². The van der Waals surface area contributed by atoms with Gasteiger partial charge in [-0.25, -0.2) is 0 Å². The predicted octanol–water partition coefficient (Wildman–Crippen LogP) is 2.93. The van der Waals surface area contributed by atoms with Gasteiger partial charge in [0.25, 0.3) is 5.24 Å². The third kappa shape index (κ3) is 1.68. The molecular formula is C6H4Br2ClNO. The van der Waals surface area contributed by atoms with Crippen LogP contribution in [0, 0.1) is 0 Å². The summed E-state index contributed by atoms with van der Waals surface area (Å²) < 4.78 is 3.30. The number of nitrogens with zero attached hydrogens (tertiary/aromatic N) is 1. The van der Waals surface area contributed by atoms with Crippen LogP contribution in [0.1, 0.15) is 10.5 Å². The van der Waals surface area contributed by atoms with Gasteiger partial charge in [-0.1, -0.05) is 0 Å². The first-order valence-electron chi connectivity index (χ1n) is 2.74. The van der Waals surface area contributed by atoms with Crippen LogP contribution in [0.2, 0.25) is 0 Å². The zero-order valence-electron chi connectivity index (χ0n) is 5.57. The molecule has 0 aliphatic heterocycles. The molecule has 1 aromatic rings. The maximum atomic E-state index is 10.7. The highest BCUT2D eigenvalue weighted by Gasteiger charge is 2.12. The molecule has 60 valence electrons. The first-order valence-corrected chi connectivity index (χ1v) is 4.71. The number of carbonyl (C=O) groups is 1. The van der Waals surface area contributed by atoms with Gasteiger partial charge >= 0.3 is 0 Å². The van der Waals surface area contributed by atoms with Crippen LogP contribution in [0.4, 0.5) is 0 Å². The fourth-order valence-electron chi connectivity index (χ4n) is 0.731. The number of halogens is 3. The highest BCUT2D eigenvalue weighted by molar-refractivity contribution is 9.13. The molecular weight excluding hydrogens is 297 g/mol. The monoisotopic (exact) mass is 299 g/mol. The van der Waals surface area contributed by atoms with Crippen LogP contribution in [0.25, 0.3) is 0 Å². The lowest BCUT2D eigenvalue weighted by atomic mass is 10.5. The number of carbonyl (C=O) groups excluding carboxylic acids is 1. The Labute approximate surface area is 85.8 Å². The van der Waals surface area contributed by atoms with Crippen molar-refractivity contribution in [3.05, 3.63) is 20.8 Å². The van der Waals surface area contributed by atoms with Crippen LogP contribution in [0.15, 0.2) is 15.1 Å². The standard InChI is InChI=1S/C6H4Br2ClNO/c1-10-4(6(9)11)2-3(7)5(10)8/h2H,1H3. The summed E-state index contributed by atoms with van der Waals surface area (Å²) in [6.45, 7) is 0. The molecule has 0 aliphatic carbocycles. The fourth-order valence-corrected chi connectivity index (χ4v) is 1.70. The molecule has 1 aromatic heterocycles. The minimum absolute atomic E-state index is 0.459. The van der Waals surface area contributed by atoms with Crippen LogP contribution in [0.3, 0.4) is 0 Å². The highest BCUT2D eigenvalue weighted by Crippen LogP contribution is 2.26. The summed E-state index contributed by atoms with van der Waals surface area (Å²) in [6, 6.07) is 1.67. The quantitative estimate of drug-likeness (QED) is 0.731. The minimum atomic E-state index is -0.459. The topological polar surface area (TPSA) is 22.0 Å². The van der Waals surface area contributed by atoms with Crippen molar-refractivity contribution in [2.24, 2.45) is 7.05 Å². The smallest absolute Gasteiger partial charge is 0.268 e. The Morgan fingerprint density at radius 2 is 2.18 bits per heavy atom. The molecule has 2 nitrogen and oxygen atoms in total. The van der Waals surface area contributed by atoms with E-state index in [0.717, 1.165) is 9.08 Å². The lowest BCUT2D eigenvalue weighted by Crippen LogP contribution is -1.98. The zero-order valence-corrected chi connectivity index (χ0v) is 9.49. The number of hydrogen-bond acceptors (Lipinski definition) is 1. The molecule has 0 atom stereocenters. The second-order valence-corrected chi connectivity index (χ2v) is 3.95. The maximum absolute atomic E-state index is 10.7. The average Bonchev–Trinajstić information content (AvgIpc) is 2.17.